The zero-order chi connectivity index (χ0) is 29.9. The molecule has 0 spiro atoms. The maximum absolute atomic E-state index is 13.8. The molecule has 0 radical (unpaired) electrons. The fraction of sp³-hybridized carbons (Fsp3) is 0.448. The second-order valence-electron chi connectivity index (χ2n) is 11.7. The molecule has 41 heavy (non-hydrogen) atoms. The number of carboxylic acids is 1. The summed E-state index contributed by atoms with van der Waals surface area (Å²) in [5, 5.41) is 19.0. The van der Waals surface area contributed by atoms with Gasteiger partial charge in [-0.15, -0.1) is 16.4 Å². The van der Waals surface area contributed by atoms with E-state index in [9.17, 15) is 18.3 Å². The maximum atomic E-state index is 13.8. The van der Waals surface area contributed by atoms with Crippen LogP contribution in [0.15, 0.2) is 41.4 Å². The first kappa shape index (κ1) is 29.2. The lowest BCUT2D eigenvalue weighted by Crippen LogP contribution is -2.42. The van der Waals surface area contributed by atoms with Gasteiger partial charge in [-0.1, -0.05) is 11.3 Å². The van der Waals surface area contributed by atoms with Crippen molar-refractivity contribution in [2.24, 2.45) is 5.41 Å². The van der Waals surface area contributed by atoms with Crippen LogP contribution in [0.4, 0.5) is 0 Å². The molecule has 0 saturated heterocycles. The van der Waals surface area contributed by atoms with E-state index in [4.69, 9.17) is 4.74 Å². The minimum Gasteiger partial charge on any atom is -0.481 e. The lowest BCUT2D eigenvalue weighted by molar-refractivity contribution is -0.147. The fourth-order valence-corrected chi connectivity index (χ4v) is 8.50. The highest BCUT2D eigenvalue weighted by atomic mass is 32.2. The van der Waals surface area contributed by atoms with E-state index in [2.05, 4.69) is 15.3 Å². The zero-order valence-corrected chi connectivity index (χ0v) is 25.9. The molecule has 1 aromatic carbocycles. The number of aliphatic carboxylic acids is 1. The molecule has 0 unspecified atom stereocenters. The standard InChI is InChI=1S/C29H35N5O5S2/c1-8-34-21-12-11-20(17(2)25(21)31-32-34)24(29(6,7)27(35)36)22-14-19(18(3)40-22)15-33-16-28(4,5)39-26-23(41(33,37)38)10-9-13-30-26/h9-14,24H,8,15-16H2,1-7H3,(H,35,36)/t24-/m1/s1. The molecule has 0 saturated carbocycles. The van der Waals surface area contributed by atoms with E-state index in [1.165, 1.54) is 27.9 Å². The lowest BCUT2D eigenvalue weighted by Gasteiger charge is -2.31. The van der Waals surface area contributed by atoms with E-state index < -0.39 is 32.9 Å². The summed E-state index contributed by atoms with van der Waals surface area (Å²) in [6, 6.07) is 8.98. The largest absolute Gasteiger partial charge is 0.481 e. The molecular weight excluding hydrogens is 562 g/mol. The molecule has 10 nitrogen and oxygen atoms in total. The van der Waals surface area contributed by atoms with Crippen molar-refractivity contribution < 1.29 is 23.1 Å². The lowest BCUT2D eigenvalue weighted by atomic mass is 9.72. The predicted molar refractivity (Wildman–Crippen MR) is 157 cm³/mol. The second-order valence-corrected chi connectivity index (χ2v) is 14.9. The summed E-state index contributed by atoms with van der Waals surface area (Å²) in [6.07, 6.45) is 1.52. The van der Waals surface area contributed by atoms with Crippen molar-refractivity contribution in [3.8, 4) is 5.88 Å². The summed E-state index contributed by atoms with van der Waals surface area (Å²) < 4.78 is 36.7. The van der Waals surface area contributed by atoms with E-state index in [0.717, 1.165) is 37.5 Å². The summed E-state index contributed by atoms with van der Waals surface area (Å²) in [4.78, 5) is 18.6. The molecular formula is C29H35N5O5S2. The van der Waals surface area contributed by atoms with Crippen LogP contribution in [0.1, 0.15) is 67.0 Å². The molecule has 4 aromatic rings. The fourth-order valence-electron chi connectivity index (χ4n) is 5.52. The van der Waals surface area contributed by atoms with Crippen molar-refractivity contribution in [2.75, 3.05) is 6.54 Å². The first-order valence-corrected chi connectivity index (χ1v) is 15.7. The average molecular weight is 598 g/mol. The van der Waals surface area contributed by atoms with E-state index in [1.54, 1.807) is 19.9 Å². The van der Waals surface area contributed by atoms with Gasteiger partial charge in [0.1, 0.15) is 16.0 Å². The number of ether oxygens (including phenoxy) is 1. The van der Waals surface area contributed by atoms with Gasteiger partial charge < -0.3 is 9.84 Å². The zero-order valence-electron chi connectivity index (χ0n) is 24.3. The van der Waals surface area contributed by atoms with Gasteiger partial charge in [0.25, 0.3) is 0 Å². The van der Waals surface area contributed by atoms with Gasteiger partial charge in [-0.05, 0) is 89.4 Å². The number of fused-ring (bicyclic) bond motifs is 2. The maximum Gasteiger partial charge on any atom is 0.310 e. The monoisotopic (exact) mass is 597 g/mol. The van der Waals surface area contributed by atoms with E-state index in [-0.39, 0.29) is 23.9 Å². The van der Waals surface area contributed by atoms with Gasteiger partial charge in [-0.3, -0.25) is 4.79 Å². The molecule has 4 heterocycles. The number of thiophene rings is 1. The van der Waals surface area contributed by atoms with Crippen molar-refractivity contribution in [2.45, 2.75) is 78.0 Å². The number of aryl methyl sites for hydroxylation is 3. The van der Waals surface area contributed by atoms with Gasteiger partial charge in [-0.2, -0.15) is 4.31 Å². The van der Waals surface area contributed by atoms with Crippen LogP contribution in [0.2, 0.25) is 0 Å². The van der Waals surface area contributed by atoms with Crippen LogP contribution >= 0.6 is 11.3 Å². The van der Waals surface area contributed by atoms with Crippen molar-refractivity contribution >= 4 is 38.4 Å². The third-order valence-corrected chi connectivity index (χ3v) is 10.8. The van der Waals surface area contributed by atoms with Gasteiger partial charge in [0.2, 0.25) is 15.9 Å². The third-order valence-electron chi connectivity index (χ3n) is 7.82. The first-order chi connectivity index (χ1) is 19.2. The number of aromatic nitrogens is 4. The highest BCUT2D eigenvalue weighted by molar-refractivity contribution is 7.89. The van der Waals surface area contributed by atoms with Crippen LogP contribution in [-0.2, 0) is 27.9 Å². The molecule has 1 aliphatic heterocycles. The number of rotatable bonds is 7. The predicted octanol–water partition coefficient (Wildman–Crippen LogP) is 5.13. The molecule has 0 amide bonds. The van der Waals surface area contributed by atoms with Crippen molar-refractivity contribution in [3.05, 3.63) is 63.0 Å². The molecule has 5 rings (SSSR count). The Labute approximate surface area is 244 Å². The number of benzene rings is 1. The van der Waals surface area contributed by atoms with Gasteiger partial charge in [0, 0.05) is 35.0 Å². The Kier molecular flexibility index (Phi) is 7.24. The first-order valence-electron chi connectivity index (χ1n) is 13.5. The molecule has 1 aliphatic rings. The molecule has 0 bridgehead atoms. The summed E-state index contributed by atoms with van der Waals surface area (Å²) in [5.74, 6) is -1.33. The molecule has 12 heteroatoms. The number of carboxylic acid groups (broad SMARTS) is 1. The van der Waals surface area contributed by atoms with Crippen LogP contribution in [0.5, 0.6) is 5.88 Å². The second kappa shape index (κ2) is 10.2. The van der Waals surface area contributed by atoms with Crippen LogP contribution in [0, 0.1) is 19.3 Å². The van der Waals surface area contributed by atoms with Crippen LogP contribution in [0.3, 0.4) is 0 Å². The highest BCUT2D eigenvalue weighted by Crippen LogP contribution is 2.47. The minimum atomic E-state index is -3.90. The Balaban J connectivity index is 1.60. The Hall–Kier alpha value is -3.35. The van der Waals surface area contributed by atoms with E-state index in [1.807, 2.05) is 57.5 Å². The number of hydrogen-bond acceptors (Lipinski definition) is 8. The van der Waals surface area contributed by atoms with Crippen LogP contribution in [-0.4, -0.2) is 55.9 Å². The molecule has 0 aliphatic carbocycles. The quantitative estimate of drug-likeness (QED) is 0.311. The Morgan fingerprint density at radius 1 is 1.24 bits per heavy atom. The number of pyridine rings is 1. The Morgan fingerprint density at radius 3 is 2.66 bits per heavy atom. The van der Waals surface area contributed by atoms with Crippen LogP contribution < -0.4 is 4.74 Å². The average Bonchev–Trinajstić information content (AvgIpc) is 3.46. The van der Waals surface area contributed by atoms with E-state index >= 15 is 0 Å². The van der Waals surface area contributed by atoms with Gasteiger partial charge >= 0.3 is 5.97 Å². The molecule has 218 valence electrons. The highest BCUT2D eigenvalue weighted by Gasteiger charge is 2.42. The van der Waals surface area contributed by atoms with Crippen molar-refractivity contribution in [1.82, 2.24) is 24.3 Å². The molecule has 1 atom stereocenters. The molecule has 1 N–H and O–H groups in total. The van der Waals surface area contributed by atoms with Crippen LogP contribution in [0.25, 0.3) is 11.0 Å². The minimum absolute atomic E-state index is 0.0348. The summed E-state index contributed by atoms with van der Waals surface area (Å²) in [5.41, 5.74) is 2.23. The Bertz CT molecular complexity index is 1760. The van der Waals surface area contributed by atoms with Gasteiger partial charge in [0.05, 0.1) is 17.5 Å². The number of hydrogen-bond donors (Lipinski definition) is 1. The third kappa shape index (κ3) is 5.02. The van der Waals surface area contributed by atoms with Gasteiger partial charge in [-0.25, -0.2) is 18.1 Å². The summed E-state index contributed by atoms with van der Waals surface area (Å²) in [7, 11) is -3.90. The summed E-state index contributed by atoms with van der Waals surface area (Å²) >= 11 is 1.50. The SMILES string of the molecule is CCn1nnc2c(C)c([C@H](c3cc(CN4CC(C)(C)Oc5ncccc5S4(=O)=O)c(C)s3)C(C)(C)C(=O)O)ccc21. The topological polar surface area (TPSA) is 128 Å². The van der Waals surface area contributed by atoms with E-state index in [0.29, 0.717) is 6.54 Å². The normalized spacial score (nSPS) is 17.5. The molecule has 3 aromatic heterocycles. The number of sulfonamides is 1. The Morgan fingerprint density at radius 2 is 1.98 bits per heavy atom. The van der Waals surface area contributed by atoms with Gasteiger partial charge in [0.15, 0.2) is 0 Å². The van der Waals surface area contributed by atoms with Crippen molar-refractivity contribution in [1.29, 1.82) is 0 Å². The smallest absolute Gasteiger partial charge is 0.310 e. The van der Waals surface area contributed by atoms with Crippen molar-refractivity contribution in [3.63, 3.8) is 0 Å². The number of nitrogens with zero attached hydrogens (tertiary/aromatic N) is 5. The summed E-state index contributed by atoms with van der Waals surface area (Å²) in [6.45, 7) is 13.9. The number of carbonyl (C=O) groups is 1. The molecule has 0 fully saturated rings.